The summed E-state index contributed by atoms with van der Waals surface area (Å²) in [5.74, 6) is 1.17. The van der Waals surface area contributed by atoms with Gasteiger partial charge >= 0.3 is 0 Å². The lowest BCUT2D eigenvalue weighted by molar-refractivity contribution is 0.209. The standard InChI is InChI=1S/C11H19N3S/c1-9(2)13-4-6-14(7-5-13)11-8-15-10(3)12-11/h8-9H,4-7H2,1-3H3. The molecule has 0 aliphatic carbocycles. The Hall–Kier alpha value is -0.610. The van der Waals surface area contributed by atoms with Gasteiger partial charge in [0.05, 0.1) is 5.01 Å². The van der Waals surface area contributed by atoms with E-state index in [9.17, 15) is 0 Å². The summed E-state index contributed by atoms with van der Waals surface area (Å²) in [5.41, 5.74) is 0. The summed E-state index contributed by atoms with van der Waals surface area (Å²) >= 11 is 1.74. The van der Waals surface area contributed by atoms with E-state index in [1.807, 2.05) is 0 Å². The van der Waals surface area contributed by atoms with Gasteiger partial charge < -0.3 is 4.90 Å². The van der Waals surface area contributed by atoms with Crippen molar-refractivity contribution < 1.29 is 0 Å². The Balaban J connectivity index is 1.93. The van der Waals surface area contributed by atoms with Gasteiger partial charge in [-0.25, -0.2) is 4.98 Å². The van der Waals surface area contributed by atoms with Crippen molar-refractivity contribution in [3.05, 3.63) is 10.4 Å². The van der Waals surface area contributed by atoms with Crippen LogP contribution in [0.4, 0.5) is 5.82 Å². The first-order valence-corrected chi connectivity index (χ1v) is 6.46. The molecule has 2 heterocycles. The fourth-order valence-corrected chi connectivity index (χ4v) is 2.59. The van der Waals surface area contributed by atoms with Crippen molar-refractivity contribution in [3.63, 3.8) is 0 Å². The molecule has 2 rings (SSSR count). The molecule has 0 aromatic carbocycles. The van der Waals surface area contributed by atoms with Crippen LogP contribution in [0, 0.1) is 6.92 Å². The van der Waals surface area contributed by atoms with Gasteiger partial charge in [0.2, 0.25) is 0 Å². The number of aromatic nitrogens is 1. The minimum Gasteiger partial charge on any atom is -0.353 e. The largest absolute Gasteiger partial charge is 0.353 e. The number of piperazine rings is 1. The third-order valence-electron chi connectivity index (χ3n) is 2.98. The van der Waals surface area contributed by atoms with E-state index in [-0.39, 0.29) is 0 Å². The third kappa shape index (κ3) is 2.49. The molecule has 84 valence electrons. The highest BCUT2D eigenvalue weighted by atomic mass is 32.1. The zero-order valence-corrected chi connectivity index (χ0v) is 10.5. The summed E-state index contributed by atoms with van der Waals surface area (Å²) in [6.45, 7) is 11.1. The number of aryl methyl sites for hydroxylation is 1. The molecule has 0 radical (unpaired) electrons. The molecule has 15 heavy (non-hydrogen) atoms. The van der Waals surface area contributed by atoms with Crippen LogP contribution >= 0.6 is 11.3 Å². The molecule has 0 unspecified atom stereocenters. The van der Waals surface area contributed by atoms with Crippen LogP contribution in [0.5, 0.6) is 0 Å². The molecular weight excluding hydrogens is 206 g/mol. The first-order valence-electron chi connectivity index (χ1n) is 5.58. The van der Waals surface area contributed by atoms with Crippen LogP contribution < -0.4 is 4.90 Å². The quantitative estimate of drug-likeness (QED) is 0.767. The monoisotopic (exact) mass is 225 g/mol. The highest BCUT2D eigenvalue weighted by molar-refractivity contribution is 7.09. The SMILES string of the molecule is Cc1nc(N2CCN(C(C)C)CC2)cs1. The van der Waals surface area contributed by atoms with E-state index in [2.05, 4.69) is 40.9 Å². The molecule has 1 aliphatic rings. The lowest BCUT2D eigenvalue weighted by Crippen LogP contribution is -2.49. The zero-order valence-electron chi connectivity index (χ0n) is 9.73. The second-order valence-corrected chi connectivity index (χ2v) is 5.40. The molecule has 0 bridgehead atoms. The lowest BCUT2D eigenvalue weighted by Gasteiger charge is -2.37. The van der Waals surface area contributed by atoms with Crippen molar-refractivity contribution in [2.45, 2.75) is 26.8 Å². The molecule has 1 saturated heterocycles. The Morgan fingerprint density at radius 1 is 1.27 bits per heavy atom. The Bertz CT molecular complexity index is 313. The highest BCUT2D eigenvalue weighted by Gasteiger charge is 2.19. The van der Waals surface area contributed by atoms with Crippen molar-refractivity contribution in [2.75, 3.05) is 31.1 Å². The summed E-state index contributed by atoms with van der Waals surface area (Å²) in [6, 6.07) is 0.671. The van der Waals surface area contributed by atoms with Gasteiger partial charge in [-0.1, -0.05) is 0 Å². The van der Waals surface area contributed by atoms with Crippen LogP contribution in [-0.2, 0) is 0 Å². The topological polar surface area (TPSA) is 19.4 Å². The van der Waals surface area contributed by atoms with Gasteiger partial charge in [0.1, 0.15) is 5.82 Å². The van der Waals surface area contributed by atoms with E-state index in [1.165, 1.54) is 5.82 Å². The summed E-state index contributed by atoms with van der Waals surface area (Å²) in [4.78, 5) is 9.44. The van der Waals surface area contributed by atoms with E-state index in [0.717, 1.165) is 31.2 Å². The summed E-state index contributed by atoms with van der Waals surface area (Å²) in [5, 5.41) is 3.33. The van der Waals surface area contributed by atoms with Gasteiger partial charge in [0, 0.05) is 37.6 Å². The first kappa shape index (κ1) is 10.9. The molecule has 0 saturated carbocycles. The minimum atomic E-state index is 0.671. The minimum absolute atomic E-state index is 0.671. The van der Waals surface area contributed by atoms with Gasteiger partial charge in [-0.2, -0.15) is 0 Å². The molecule has 3 nitrogen and oxygen atoms in total. The van der Waals surface area contributed by atoms with Gasteiger partial charge in [-0.05, 0) is 20.8 Å². The zero-order chi connectivity index (χ0) is 10.8. The molecule has 1 aromatic rings. The summed E-state index contributed by atoms with van der Waals surface area (Å²) < 4.78 is 0. The van der Waals surface area contributed by atoms with Crippen LogP contribution in [0.3, 0.4) is 0 Å². The molecular formula is C11H19N3S. The van der Waals surface area contributed by atoms with E-state index < -0.39 is 0 Å². The number of nitrogens with zero attached hydrogens (tertiary/aromatic N) is 3. The van der Waals surface area contributed by atoms with Crippen LogP contribution in [0.1, 0.15) is 18.9 Å². The number of anilines is 1. The van der Waals surface area contributed by atoms with Crippen LogP contribution in [-0.4, -0.2) is 42.1 Å². The maximum Gasteiger partial charge on any atom is 0.139 e. The molecule has 1 aliphatic heterocycles. The maximum absolute atomic E-state index is 4.53. The molecule has 1 fully saturated rings. The Labute approximate surface area is 95.7 Å². The Morgan fingerprint density at radius 2 is 1.93 bits per heavy atom. The van der Waals surface area contributed by atoms with Crippen molar-refractivity contribution in [1.82, 2.24) is 9.88 Å². The average Bonchev–Trinajstić information content (AvgIpc) is 2.65. The van der Waals surface area contributed by atoms with Crippen molar-refractivity contribution in [1.29, 1.82) is 0 Å². The second kappa shape index (κ2) is 4.49. The summed E-state index contributed by atoms with van der Waals surface area (Å²) in [6.07, 6.45) is 0. The number of hydrogen-bond donors (Lipinski definition) is 0. The van der Waals surface area contributed by atoms with E-state index >= 15 is 0 Å². The van der Waals surface area contributed by atoms with Crippen LogP contribution in [0.2, 0.25) is 0 Å². The number of thiazole rings is 1. The van der Waals surface area contributed by atoms with Gasteiger partial charge in [-0.15, -0.1) is 11.3 Å². The van der Waals surface area contributed by atoms with Crippen molar-refractivity contribution >= 4 is 17.2 Å². The van der Waals surface area contributed by atoms with Crippen molar-refractivity contribution in [2.24, 2.45) is 0 Å². The molecule has 0 spiro atoms. The second-order valence-electron chi connectivity index (χ2n) is 4.34. The predicted molar refractivity (Wildman–Crippen MR) is 65.8 cm³/mol. The highest BCUT2D eigenvalue weighted by Crippen LogP contribution is 2.19. The maximum atomic E-state index is 4.53. The van der Waals surface area contributed by atoms with Crippen molar-refractivity contribution in [3.8, 4) is 0 Å². The summed E-state index contributed by atoms with van der Waals surface area (Å²) in [7, 11) is 0. The molecule has 1 aromatic heterocycles. The fraction of sp³-hybridized carbons (Fsp3) is 0.727. The number of hydrogen-bond acceptors (Lipinski definition) is 4. The van der Waals surface area contributed by atoms with Crippen LogP contribution in [0.15, 0.2) is 5.38 Å². The van der Waals surface area contributed by atoms with E-state index in [0.29, 0.717) is 6.04 Å². The first-order chi connectivity index (χ1) is 7.16. The number of rotatable bonds is 2. The van der Waals surface area contributed by atoms with Crippen LogP contribution in [0.25, 0.3) is 0 Å². The van der Waals surface area contributed by atoms with E-state index in [1.54, 1.807) is 11.3 Å². The van der Waals surface area contributed by atoms with Gasteiger partial charge in [0.25, 0.3) is 0 Å². The molecule has 4 heteroatoms. The predicted octanol–water partition coefficient (Wildman–Crippen LogP) is 1.98. The Kier molecular flexibility index (Phi) is 3.26. The lowest BCUT2D eigenvalue weighted by atomic mass is 10.2. The Morgan fingerprint density at radius 3 is 2.40 bits per heavy atom. The van der Waals surface area contributed by atoms with Gasteiger partial charge in [0.15, 0.2) is 0 Å². The van der Waals surface area contributed by atoms with E-state index in [4.69, 9.17) is 0 Å². The third-order valence-corrected chi connectivity index (χ3v) is 3.74. The van der Waals surface area contributed by atoms with Gasteiger partial charge in [-0.3, -0.25) is 4.90 Å². The average molecular weight is 225 g/mol. The molecule has 0 N–H and O–H groups in total. The fourth-order valence-electron chi connectivity index (χ4n) is 1.96. The smallest absolute Gasteiger partial charge is 0.139 e. The molecule has 0 amide bonds. The molecule has 0 atom stereocenters. The normalized spacial score (nSPS) is 18.8.